The van der Waals surface area contributed by atoms with Crippen molar-refractivity contribution in [2.45, 2.75) is 45.8 Å². The molecule has 3 rings (SSSR count). The van der Waals surface area contributed by atoms with Crippen molar-refractivity contribution in [2.75, 3.05) is 0 Å². The average molecular weight is 259 g/mol. The van der Waals surface area contributed by atoms with Crippen LogP contribution in [-0.2, 0) is 20.1 Å². The highest BCUT2D eigenvalue weighted by molar-refractivity contribution is 5.23. The molecule has 5 heteroatoms. The smallest absolute Gasteiger partial charge is 0.122 e. The summed E-state index contributed by atoms with van der Waals surface area (Å²) in [7, 11) is 2.06. The van der Waals surface area contributed by atoms with Crippen LogP contribution in [0.4, 0.5) is 0 Å². The largest absolute Gasteiger partial charge is 0.337 e. The quantitative estimate of drug-likeness (QED) is 0.892. The van der Waals surface area contributed by atoms with Crippen molar-refractivity contribution >= 4 is 0 Å². The molecule has 0 radical (unpaired) electrons. The lowest BCUT2D eigenvalue weighted by Gasteiger charge is -2.21. The van der Waals surface area contributed by atoms with Gasteiger partial charge in [-0.1, -0.05) is 0 Å². The van der Waals surface area contributed by atoms with Gasteiger partial charge in [0.05, 0.1) is 12.2 Å². The molecular formula is C14H21N5. The van der Waals surface area contributed by atoms with Crippen LogP contribution in [0.1, 0.15) is 35.6 Å². The van der Waals surface area contributed by atoms with Gasteiger partial charge in [-0.05, 0) is 26.7 Å². The van der Waals surface area contributed by atoms with Crippen LogP contribution in [0.3, 0.4) is 0 Å². The molecular weight excluding hydrogens is 238 g/mol. The minimum atomic E-state index is 0.713. The molecule has 0 amide bonds. The van der Waals surface area contributed by atoms with Crippen molar-refractivity contribution in [1.29, 1.82) is 0 Å². The van der Waals surface area contributed by atoms with Gasteiger partial charge in [0.2, 0.25) is 0 Å². The van der Waals surface area contributed by atoms with E-state index in [-0.39, 0.29) is 0 Å². The van der Waals surface area contributed by atoms with Gasteiger partial charge in [-0.2, -0.15) is 5.10 Å². The van der Waals surface area contributed by atoms with E-state index >= 15 is 0 Å². The number of nitrogens with one attached hydrogen (secondary N) is 1. The number of aryl methyl sites for hydroxylation is 3. The van der Waals surface area contributed by atoms with E-state index in [1.165, 1.54) is 24.1 Å². The first-order valence-electron chi connectivity index (χ1n) is 6.86. The summed E-state index contributed by atoms with van der Waals surface area (Å²) in [4.78, 5) is 6.96. The Morgan fingerprint density at radius 2 is 2.16 bits per heavy atom. The van der Waals surface area contributed by atoms with Gasteiger partial charge >= 0.3 is 0 Å². The van der Waals surface area contributed by atoms with Crippen LogP contribution >= 0.6 is 0 Å². The van der Waals surface area contributed by atoms with Crippen LogP contribution in [0.15, 0.2) is 12.4 Å². The zero-order valence-electron chi connectivity index (χ0n) is 11.8. The van der Waals surface area contributed by atoms with E-state index < -0.39 is 0 Å². The first-order valence-corrected chi connectivity index (χ1v) is 6.86. The molecule has 2 aromatic rings. The molecule has 0 spiro atoms. The topological polar surface area (TPSA) is 49.7 Å². The molecule has 1 aliphatic carbocycles. The molecule has 0 atom stereocenters. The summed E-state index contributed by atoms with van der Waals surface area (Å²) in [6, 6.07) is 0.713. The Balaban J connectivity index is 1.77. The van der Waals surface area contributed by atoms with Crippen molar-refractivity contribution in [1.82, 2.24) is 24.6 Å². The summed E-state index contributed by atoms with van der Waals surface area (Å²) in [5.74, 6) is 1.13. The van der Waals surface area contributed by atoms with E-state index in [4.69, 9.17) is 0 Å². The van der Waals surface area contributed by atoms with Crippen molar-refractivity contribution in [3.8, 4) is 0 Å². The minimum Gasteiger partial charge on any atom is -0.337 e. The highest BCUT2D eigenvalue weighted by Crippen LogP contribution is 2.30. The van der Waals surface area contributed by atoms with Crippen LogP contribution in [-0.4, -0.2) is 30.7 Å². The van der Waals surface area contributed by atoms with Gasteiger partial charge in [0.15, 0.2) is 0 Å². The van der Waals surface area contributed by atoms with Gasteiger partial charge in [-0.25, -0.2) is 4.98 Å². The van der Waals surface area contributed by atoms with Crippen LogP contribution < -0.4 is 0 Å². The summed E-state index contributed by atoms with van der Waals surface area (Å²) in [5, 5.41) is 7.37. The molecule has 0 aliphatic heterocycles. The molecule has 102 valence electrons. The van der Waals surface area contributed by atoms with Crippen LogP contribution in [0, 0.1) is 13.8 Å². The first kappa shape index (κ1) is 12.4. The summed E-state index contributed by atoms with van der Waals surface area (Å²) in [6.45, 7) is 6.05. The van der Waals surface area contributed by atoms with Gasteiger partial charge in [-0.15, -0.1) is 0 Å². The molecule has 0 bridgehead atoms. The van der Waals surface area contributed by atoms with Crippen molar-refractivity contribution in [2.24, 2.45) is 7.05 Å². The zero-order chi connectivity index (χ0) is 13.4. The normalized spacial score (nSPS) is 15.4. The SMILES string of the molecule is Cc1n[nH]c(C)c1CN(Cc1nccn1C)C1CC1. The fourth-order valence-corrected chi connectivity index (χ4v) is 2.49. The monoisotopic (exact) mass is 259 g/mol. The van der Waals surface area contributed by atoms with E-state index in [1.807, 2.05) is 12.4 Å². The number of H-pyrrole nitrogens is 1. The van der Waals surface area contributed by atoms with Gasteiger partial charge in [-0.3, -0.25) is 10.00 Å². The van der Waals surface area contributed by atoms with Gasteiger partial charge < -0.3 is 4.57 Å². The molecule has 0 saturated heterocycles. The third kappa shape index (κ3) is 2.56. The Labute approximate surface area is 113 Å². The molecule has 2 heterocycles. The standard InChI is InChI=1S/C14H21N5/c1-10-13(11(2)17-16-10)8-19(12-4-5-12)9-14-15-6-7-18(14)3/h6-7,12H,4-5,8-9H2,1-3H3,(H,16,17). The Morgan fingerprint density at radius 3 is 2.68 bits per heavy atom. The maximum atomic E-state index is 4.44. The number of hydrogen-bond acceptors (Lipinski definition) is 3. The number of imidazole rings is 1. The Bertz CT molecular complexity index is 545. The fourth-order valence-electron chi connectivity index (χ4n) is 2.49. The van der Waals surface area contributed by atoms with Gasteiger partial charge in [0.1, 0.15) is 5.82 Å². The second kappa shape index (κ2) is 4.81. The number of aromatic nitrogens is 4. The Kier molecular flexibility index (Phi) is 3.14. The summed E-state index contributed by atoms with van der Waals surface area (Å²) < 4.78 is 2.10. The molecule has 1 saturated carbocycles. The van der Waals surface area contributed by atoms with Crippen LogP contribution in [0.2, 0.25) is 0 Å². The summed E-state index contributed by atoms with van der Waals surface area (Å²) in [6.07, 6.45) is 6.49. The third-order valence-electron chi connectivity index (χ3n) is 3.97. The Hall–Kier alpha value is -1.62. The summed E-state index contributed by atoms with van der Waals surface area (Å²) >= 11 is 0. The lowest BCUT2D eigenvalue weighted by molar-refractivity contribution is 0.236. The van der Waals surface area contributed by atoms with E-state index in [0.29, 0.717) is 6.04 Å². The van der Waals surface area contributed by atoms with E-state index in [1.54, 1.807) is 0 Å². The Morgan fingerprint density at radius 1 is 1.37 bits per heavy atom. The zero-order valence-corrected chi connectivity index (χ0v) is 11.8. The lowest BCUT2D eigenvalue weighted by atomic mass is 10.2. The second-order valence-electron chi connectivity index (χ2n) is 5.50. The van der Waals surface area contributed by atoms with Crippen LogP contribution in [0.5, 0.6) is 0 Å². The lowest BCUT2D eigenvalue weighted by Crippen LogP contribution is -2.27. The van der Waals surface area contributed by atoms with E-state index in [0.717, 1.165) is 24.6 Å². The fraction of sp³-hybridized carbons (Fsp3) is 0.571. The highest BCUT2D eigenvalue weighted by Gasteiger charge is 2.30. The molecule has 0 unspecified atom stereocenters. The minimum absolute atomic E-state index is 0.713. The number of rotatable bonds is 5. The summed E-state index contributed by atoms with van der Waals surface area (Å²) in [5.41, 5.74) is 3.63. The number of hydrogen-bond donors (Lipinski definition) is 1. The first-order chi connectivity index (χ1) is 9.15. The van der Waals surface area contributed by atoms with E-state index in [2.05, 4.69) is 45.5 Å². The van der Waals surface area contributed by atoms with Crippen molar-refractivity contribution in [3.05, 3.63) is 35.2 Å². The maximum Gasteiger partial charge on any atom is 0.122 e. The van der Waals surface area contributed by atoms with Crippen LogP contribution in [0.25, 0.3) is 0 Å². The molecule has 1 N–H and O–H groups in total. The van der Waals surface area contributed by atoms with Gasteiger partial charge in [0.25, 0.3) is 0 Å². The molecule has 19 heavy (non-hydrogen) atoms. The van der Waals surface area contributed by atoms with E-state index in [9.17, 15) is 0 Å². The maximum absolute atomic E-state index is 4.44. The van der Waals surface area contributed by atoms with Crippen molar-refractivity contribution in [3.63, 3.8) is 0 Å². The van der Waals surface area contributed by atoms with Gasteiger partial charge in [0, 0.05) is 43.3 Å². The number of aromatic amines is 1. The average Bonchev–Trinajstić information content (AvgIpc) is 3.09. The molecule has 0 aromatic carbocycles. The molecule has 5 nitrogen and oxygen atoms in total. The molecule has 2 aromatic heterocycles. The number of nitrogens with zero attached hydrogens (tertiary/aromatic N) is 4. The highest BCUT2D eigenvalue weighted by atomic mass is 15.2. The second-order valence-corrected chi connectivity index (χ2v) is 5.50. The predicted octanol–water partition coefficient (Wildman–Crippen LogP) is 1.92. The van der Waals surface area contributed by atoms with Crippen molar-refractivity contribution < 1.29 is 0 Å². The molecule has 1 aliphatic rings. The predicted molar refractivity (Wildman–Crippen MR) is 73.5 cm³/mol. The third-order valence-corrected chi connectivity index (χ3v) is 3.97. The molecule has 1 fully saturated rings.